The van der Waals surface area contributed by atoms with Crippen LogP contribution in [0.2, 0.25) is 0 Å². The predicted molar refractivity (Wildman–Crippen MR) is 115 cm³/mol. The lowest BCUT2D eigenvalue weighted by Gasteiger charge is -2.13. The topological polar surface area (TPSA) is 70.4 Å². The van der Waals surface area contributed by atoms with Crippen molar-refractivity contribution in [3.8, 4) is 6.07 Å². The number of Topliss-reactive ketones (excluding diaryl/α,β-unsaturated/α-hetero) is 1. The van der Waals surface area contributed by atoms with Gasteiger partial charge in [-0.15, -0.1) is 0 Å². The van der Waals surface area contributed by atoms with Gasteiger partial charge in [-0.3, -0.25) is 4.79 Å². The van der Waals surface area contributed by atoms with Gasteiger partial charge in [-0.05, 0) is 79.8 Å². The van der Waals surface area contributed by atoms with Crippen molar-refractivity contribution in [1.82, 2.24) is 0 Å². The smallest absolute Gasteiger partial charge is 0.349 e. The van der Waals surface area contributed by atoms with Crippen molar-refractivity contribution in [2.75, 3.05) is 25.6 Å². The number of nitriles is 1. The molecule has 0 aliphatic heterocycles. The largest absolute Gasteiger partial charge is 0.453 e. The number of ether oxygens (including phenoxy) is 1. The van der Waals surface area contributed by atoms with Crippen LogP contribution in [0.15, 0.2) is 35.9 Å². The highest BCUT2D eigenvalue weighted by Gasteiger charge is 2.17. The van der Waals surface area contributed by atoms with Gasteiger partial charge in [0.25, 0.3) is 0 Å². The summed E-state index contributed by atoms with van der Waals surface area (Å²) < 4.78 is 5.12. The summed E-state index contributed by atoms with van der Waals surface area (Å²) in [6.07, 6.45) is 1.46. The molecule has 0 amide bonds. The van der Waals surface area contributed by atoms with Crippen LogP contribution in [-0.4, -0.2) is 32.5 Å². The zero-order chi connectivity index (χ0) is 21.7. The highest BCUT2D eigenvalue weighted by atomic mass is 16.5. The molecule has 0 bridgehead atoms. The minimum absolute atomic E-state index is 0.150. The standard InChI is InChI=1S/C24H26N2O3/c1-15-11-22(18(4)17(3)16(15)2)23(27)14-29-24(28)20(13-25)12-19-7-9-21(10-8-19)26(5)6/h7-12H,14H2,1-6H3/b20-12+. The van der Waals surface area contributed by atoms with Crippen molar-refractivity contribution in [2.45, 2.75) is 27.7 Å². The first kappa shape index (κ1) is 21.9. The Balaban J connectivity index is 2.12. The maximum Gasteiger partial charge on any atom is 0.349 e. The fourth-order valence-corrected chi connectivity index (χ4v) is 2.96. The third kappa shape index (κ3) is 5.11. The summed E-state index contributed by atoms with van der Waals surface area (Å²) >= 11 is 0. The lowest BCUT2D eigenvalue weighted by atomic mass is 9.93. The molecule has 2 rings (SSSR count). The van der Waals surface area contributed by atoms with E-state index in [9.17, 15) is 14.9 Å². The van der Waals surface area contributed by atoms with Gasteiger partial charge in [0.2, 0.25) is 5.78 Å². The van der Waals surface area contributed by atoms with E-state index >= 15 is 0 Å². The third-order valence-electron chi connectivity index (χ3n) is 5.18. The average molecular weight is 390 g/mol. The van der Waals surface area contributed by atoms with E-state index in [4.69, 9.17) is 4.74 Å². The Labute approximate surface area is 172 Å². The maximum absolute atomic E-state index is 12.6. The summed E-state index contributed by atoms with van der Waals surface area (Å²) in [5.41, 5.74) is 6.20. The molecule has 0 unspecified atom stereocenters. The summed E-state index contributed by atoms with van der Waals surface area (Å²) in [4.78, 5) is 26.8. The normalized spacial score (nSPS) is 11.0. The number of esters is 1. The van der Waals surface area contributed by atoms with Gasteiger partial charge < -0.3 is 9.64 Å². The first-order valence-electron chi connectivity index (χ1n) is 9.32. The molecule has 150 valence electrons. The number of carbonyl (C=O) groups is 2. The molecule has 0 aliphatic carbocycles. The Hall–Kier alpha value is -3.39. The van der Waals surface area contributed by atoms with E-state index in [1.807, 2.05) is 83.1 Å². The van der Waals surface area contributed by atoms with E-state index in [1.54, 1.807) is 0 Å². The van der Waals surface area contributed by atoms with E-state index in [-0.39, 0.29) is 11.4 Å². The van der Waals surface area contributed by atoms with Crippen molar-refractivity contribution < 1.29 is 14.3 Å². The molecule has 0 aromatic heterocycles. The molecule has 0 spiro atoms. The first-order valence-corrected chi connectivity index (χ1v) is 9.32. The quantitative estimate of drug-likeness (QED) is 0.318. The van der Waals surface area contributed by atoms with E-state index < -0.39 is 12.6 Å². The second-order valence-electron chi connectivity index (χ2n) is 7.27. The molecule has 0 radical (unpaired) electrons. The molecule has 0 heterocycles. The van der Waals surface area contributed by atoms with Gasteiger partial charge in [-0.25, -0.2) is 4.79 Å². The van der Waals surface area contributed by atoms with Gasteiger partial charge in [0.05, 0.1) is 0 Å². The molecule has 5 nitrogen and oxygen atoms in total. The van der Waals surface area contributed by atoms with Crippen molar-refractivity contribution in [2.24, 2.45) is 0 Å². The Morgan fingerprint density at radius 1 is 1.03 bits per heavy atom. The molecular formula is C24H26N2O3. The van der Waals surface area contributed by atoms with E-state index in [2.05, 4.69) is 0 Å². The lowest BCUT2D eigenvalue weighted by molar-refractivity contribution is -0.137. The van der Waals surface area contributed by atoms with Gasteiger partial charge in [-0.2, -0.15) is 5.26 Å². The second kappa shape index (κ2) is 9.20. The molecule has 0 fully saturated rings. The van der Waals surface area contributed by atoms with Crippen LogP contribution in [0.25, 0.3) is 6.08 Å². The molecule has 5 heteroatoms. The summed E-state index contributed by atoms with van der Waals surface area (Å²) in [7, 11) is 3.86. The number of nitrogens with zero attached hydrogens (tertiary/aromatic N) is 2. The Morgan fingerprint density at radius 2 is 1.66 bits per heavy atom. The van der Waals surface area contributed by atoms with Crippen LogP contribution in [0.4, 0.5) is 5.69 Å². The number of carbonyl (C=O) groups excluding carboxylic acids is 2. The molecule has 0 N–H and O–H groups in total. The van der Waals surface area contributed by atoms with Crippen molar-refractivity contribution >= 4 is 23.5 Å². The molecule has 0 aliphatic rings. The van der Waals surface area contributed by atoms with Crippen LogP contribution in [0.5, 0.6) is 0 Å². The monoisotopic (exact) mass is 390 g/mol. The van der Waals surface area contributed by atoms with E-state index in [1.165, 1.54) is 6.08 Å². The van der Waals surface area contributed by atoms with Crippen LogP contribution < -0.4 is 4.90 Å². The fraction of sp³-hybridized carbons (Fsp3) is 0.292. The van der Waals surface area contributed by atoms with Crippen LogP contribution >= 0.6 is 0 Å². The summed E-state index contributed by atoms with van der Waals surface area (Å²) in [5, 5.41) is 9.32. The number of hydrogen-bond acceptors (Lipinski definition) is 5. The van der Waals surface area contributed by atoms with Crippen molar-refractivity contribution in [3.63, 3.8) is 0 Å². The zero-order valence-corrected chi connectivity index (χ0v) is 17.8. The van der Waals surface area contributed by atoms with Gasteiger partial charge >= 0.3 is 5.97 Å². The van der Waals surface area contributed by atoms with E-state index in [0.717, 1.165) is 27.9 Å². The molecule has 0 atom stereocenters. The van der Waals surface area contributed by atoms with Crippen LogP contribution in [0.1, 0.15) is 38.2 Å². The summed E-state index contributed by atoms with van der Waals surface area (Å²) in [5.74, 6) is -1.09. The minimum atomic E-state index is -0.809. The number of aryl methyl sites for hydroxylation is 1. The van der Waals surface area contributed by atoms with Gasteiger partial charge in [0.15, 0.2) is 6.61 Å². The SMILES string of the molecule is Cc1cc(C(=O)COC(=O)/C(C#N)=C/c2ccc(N(C)C)cc2)c(C)c(C)c1C. The first-order chi connectivity index (χ1) is 13.6. The fourth-order valence-electron chi connectivity index (χ4n) is 2.96. The van der Waals surface area contributed by atoms with E-state index in [0.29, 0.717) is 11.1 Å². The predicted octanol–water partition coefficient (Wildman–Crippen LogP) is 4.32. The van der Waals surface area contributed by atoms with Crippen LogP contribution in [0.3, 0.4) is 0 Å². The number of rotatable bonds is 6. The third-order valence-corrected chi connectivity index (χ3v) is 5.18. The number of anilines is 1. The van der Waals surface area contributed by atoms with Crippen LogP contribution in [0, 0.1) is 39.0 Å². The van der Waals surface area contributed by atoms with Crippen molar-refractivity contribution in [1.29, 1.82) is 5.26 Å². The number of benzene rings is 2. The molecule has 2 aromatic rings. The molecule has 0 saturated carbocycles. The lowest BCUT2D eigenvalue weighted by Crippen LogP contribution is -2.17. The Bertz CT molecular complexity index is 1010. The van der Waals surface area contributed by atoms with Crippen molar-refractivity contribution in [3.05, 3.63) is 69.3 Å². The number of hydrogen-bond donors (Lipinski definition) is 0. The van der Waals surface area contributed by atoms with Gasteiger partial charge in [0, 0.05) is 25.3 Å². The van der Waals surface area contributed by atoms with Gasteiger partial charge in [-0.1, -0.05) is 12.1 Å². The van der Waals surface area contributed by atoms with Gasteiger partial charge in [0.1, 0.15) is 11.6 Å². The average Bonchev–Trinajstić information content (AvgIpc) is 2.71. The van der Waals surface area contributed by atoms with Crippen LogP contribution in [-0.2, 0) is 9.53 Å². The molecule has 29 heavy (non-hydrogen) atoms. The maximum atomic E-state index is 12.6. The Morgan fingerprint density at radius 3 is 2.21 bits per heavy atom. The molecule has 0 saturated heterocycles. The highest BCUT2D eigenvalue weighted by Crippen LogP contribution is 2.22. The zero-order valence-electron chi connectivity index (χ0n) is 17.8. The molecule has 2 aromatic carbocycles. The second-order valence-corrected chi connectivity index (χ2v) is 7.27. The Kier molecular flexibility index (Phi) is 6.95. The molecular weight excluding hydrogens is 364 g/mol. The summed E-state index contributed by atoms with van der Waals surface area (Å²) in [6, 6.07) is 11.1. The number of ketones is 1. The highest BCUT2D eigenvalue weighted by molar-refractivity contribution is 6.02. The summed E-state index contributed by atoms with van der Waals surface area (Å²) in [6.45, 7) is 7.41. The minimum Gasteiger partial charge on any atom is -0.453 e.